The number of carbonyl (C=O) groups excluding carboxylic acids is 3. The van der Waals surface area contributed by atoms with Crippen molar-refractivity contribution in [3.05, 3.63) is 23.5 Å². The Labute approximate surface area is 187 Å². The SMILES string of the molecule is CC(C)CC(C=O)NCC1CCCCCCCCCCCC(=O)c2ccc([nH]2)C(=O)N1. The van der Waals surface area contributed by atoms with Crippen molar-refractivity contribution in [1.29, 1.82) is 0 Å². The fraction of sp³-hybridized carbons (Fsp3) is 0.720. The van der Waals surface area contributed by atoms with Crippen LogP contribution in [0, 0.1) is 5.92 Å². The van der Waals surface area contributed by atoms with Crippen LogP contribution in [0.3, 0.4) is 0 Å². The first-order chi connectivity index (χ1) is 15.0. The second-order valence-electron chi connectivity index (χ2n) is 9.38. The quantitative estimate of drug-likeness (QED) is 0.564. The minimum absolute atomic E-state index is 0.0524. The van der Waals surface area contributed by atoms with E-state index in [2.05, 4.69) is 29.5 Å². The molecule has 2 atom stereocenters. The van der Waals surface area contributed by atoms with E-state index in [0.717, 1.165) is 44.8 Å². The second-order valence-corrected chi connectivity index (χ2v) is 9.38. The minimum atomic E-state index is -0.196. The Morgan fingerprint density at radius 1 is 0.968 bits per heavy atom. The van der Waals surface area contributed by atoms with Crippen molar-refractivity contribution in [1.82, 2.24) is 15.6 Å². The summed E-state index contributed by atoms with van der Waals surface area (Å²) in [5.41, 5.74) is 0.933. The fourth-order valence-corrected chi connectivity index (χ4v) is 4.22. The first kappa shape index (κ1) is 25.3. The lowest BCUT2D eigenvalue weighted by Gasteiger charge is -2.22. The first-order valence-electron chi connectivity index (χ1n) is 12.2. The number of hydrogen-bond donors (Lipinski definition) is 3. The van der Waals surface area contributed by atoms with E-state index >= 15 is 0 Å². The van der Waals surface area contributed by atoms with Gasteiger partial charge in [0.2, 0.25) is 0 Å². The molecule has 0 saturated carbocycles. The van der Waals surface area contributed by atoms with Crippen LogP contribution in [0.4, 0.5) is 0 Å². The molecule has 0 fully saturated rings. The maximum atomic E-state index is 12.8. The minimum Gasteiger partial charge on any atom is -0.348 e. The Hall–Kier alpha value is -1.95. The van der Waals surface area contributed by atoms with Gasteiger partial charge in [-0.2, -0.15) is 0 Å². The largest absolute Gasteiger partial charge is 0.348 e. The highest BCUT2D eigenvalue weighted by Gasteiger charge is 2.18. The van der Waals surface area contributed by atoms with Crippen LogP contribution < -0.4 is 10.6 Å². The van der Waals surface area contributed by atoms with Crippen molar-refractivity contribution >= 4 is 18.0 Å². The highest BCUT2D eigenvalue weighted by atomic mass is 16.2. The van der Waals surface area contributed by atoms with Crippen LogP contribution in [0.25, 0.3) is 0 Å². The van der Waals surface area contributed by atoms with E-state index in [9.17, 15) is 14.4 Å². The molecule has 6 heteroatoms. The topological polar surface area (TPSA) is 91.1 Å². The summed E-state index contributed by atoms with van der Waals surface area (Å²) >= 11 is 0. The van der Waals surface area contributed by atoms with Crippen LogP contribution >= 0.6 is 0 Å². The van der Waals surface area contributed by atoms with E-state index in [4.69, 9.17) is 0 Å². The third-order valence-corrected chi connectivity index (χ3v) is 6.04. The Bertz CT molecular complexity index is 683. The molecule has 2 bridgehead atoms. The summed E-state index contributed by atoms with van der Waals surface area (Å²) in [7, 11) is 0. The van der Waals surface area contributed by atoms with E-state index in [1.807, 2.05) is 0 Å². The maximum Gasteiger partial charge on any atom is 0.267 e. The summed E-state index contributed by atoms with van der Waals surface area (Å²) in [5.74, 6) is 0.303. The van der Waals surface area contributed by atoms with Crippen LogP contribution in [-0.2, 0) is 4.79 Å². The van der Waals surface area contributed by atoms with E-state index in [0.29, 0.717) is 30.3 Å². The molecule has 1 aromatic rings. The van der Waals surface area contributed by atoms with Crippen LogP contribution in [0.5, 0.6) is 0 Å². The van der Waals surface area contributed by atoms with E-state index in [1.165, 1.54) is 32.1 Å². The fourth-order valence-electron chi connectivity index (χ4n) is 4.22. The van der Waals surface area contributed by atoms with E-state index in [1.54, 1.807) is 12.1 Å². The van der Waals surface area contributed by atoms with Gasteiger partial charge in [-0.3, -0.25) is 9.59 Å². The van der Waals surface area contributed by atoms with Crippen LogP contribution in [-0.4, -0.2) is 41.6 Å². The normalized spacial score (nSPS) is 21.2. The van der Waals surface area contributed by atoms with Gasteiger partial charge in [0.25, 0.3) is 5.91 Å². The van der Waals surface area contributed by atoms with Gasteiger partial charge in [-0.25, -0.2) is 0 Å². The third kappa shape index (κ3) is 9.81. The Morgan fingerprint density at radius 2 is 1.58 bits per heavy atom. The van der Waals surface area contributed by atoms with Crippen LogP contribution in [0.1, 0.15) is 112 Å². The number of Topliss-reactive ketones (excluding diaryl/α,β-unsaturated/α-hetero) is 1. The zero-order valence-corrected chi connectivity index (χ0v) is 19.4. The Balaban J connectivity index is 2.02. The van der Waals surface area contributed by atoms with Gasteiger partial charge in [0.15, 0.2) is 5.78 Å². The van der Waals surface area contributed by atoms with Crippen molar-refractivity contribution in [2.24, 2.45) is 5.92 Å². The number of H-pyrrole nitrogens is 1. The van der Waals surface area contributed by atoms with Crippen molar-refractivity contribution in [3.8, 4) is 0 Å². The van der Waals surface area contributed by atoms with Crippen molar-refractivity contribution < 1.29 is 14.4 Å². The standard InChI is InChI=1S/C25H41N3O3/c1-19(2)16-21(18-29)26-17-20-12-10-8-6-4-3-5-7-9-11-13-24(30)22-14-15-23(28-22)25(31)27-20/h14-15,18-21,26,28H,3-13,16-17H2,1-2H3,(H,27,31). The van der Waals surface area contributed by atoms with Crippen molar-refractivity contribution in [3.63, 3.8) is 0 Å². The molecule has 2 unspecified atom stereocenters. The number of rotatable bonds is 6. The highest BCUT2D eigenvalue weighted by Crippen LogP contribution is 2.15. The summed E-state index contributed by atoms with van der Waals surface area (Å²) in [6, 6.07) is 3.15. The molecule has 1 aliphatic heterocycles. The number of carbonyl (C=O) groups is 3. The molecular formula is C25H41N3O3. The molecule has 6 nitrogen and oxygen atoms in total. The Morgan fingerprint density at radius 3 is 2.23 bits per heavy atom. The second kappa shape index (κ2) is 14.2. The van der Waals surface area contributed by atoms with Gasteiger partial charge in [-0.1, -0.05) is 65.2 Å². The van der Waals surface area contributed by atoms with Gasteiger partial charge < -0.3 is 20.4 Å². The summed E-state index contributed by atoms with van der Waals surface area (Å²) in [6.07, 6.45) is 13.5. The monoisotopic (exact) mass is 431 g/mol. The number of hydrogen-bond acceptors (Lipinski definition) is 4. The Kier molecular flexibility index (Phi) is 11.6. The molecule has 2 heterocycles. The number of fused-ring (bicyclic) bond motifs is 2. The number of aromatic amines is 1. The zero-order valence-electron chi connectivity index (χ0n) is 19.4. The van der Waals surface area contributed by atoms with E-state index in [-0.39, 0.29) is 23.8 Å². The molecule has 3 N–H and O–H groups in total. The highest BCUT2D eigenvalue weighted by molar-refractivity contribution is 5.98. The van der Waals surface area contributed by atoms with Gasteiger partial charge in [0.1, 0.15) is 12.0 Å². The summed E-state index contributed by atoms with van der Waals surface area (Å²) in [5, 5.41) is 6.42. The molecule has 1 amide bonds. The molecule has 2 rings (SSSR count). The lowest BCUT2D eigenvalue weighted by atomic mass is 10.0. The number of aromatic nitrogens is 1. The molecule has 31 heavy (non-hydrogen) atoms. The number of nitrogens with one attached hydrogen (secondary N) is 3. The van der Waals surface area contributed by atoms with Gasteiger partial charge in [-0.15, -0.1) is 0 Å². The summed E-state index contributed by atoms with van der Waals surface area (Å²) < 4.78 is 0. The number of amides is 1. The van der Waals surface area contributed by atoms with Gasteiger partial charge >= 0.3 is 0 Å². The summed E-state index contributed by atoms with van der Waals surface area (Å²) in [4.78, 5) is 39.6. The van der Waals surface area contributed by atoms with Crippen LogP contribution in [0.2, 0.25) is 0 Å². The lowest BCUT2D eigenvalue weighted by Crippen LogP contribution is -2.45. The predicted octanol–water partition coefficient (Wildman–Crippen LogP) is 4.80. The van der Waals surface area contributed by atoms with Gasteiger partial charge in [0, 0.05) is 19.0 Å². The maximum absolute atomic E-state index is 12.8. The molecular weight excluding hydrogens is 390 g/mol. The molecule has 174 valence electrons. The smallest absolute Gasteiger partial charge is 0.267 e. The average Bonchev–Trinajstić information content (AvgIpc) is 3.24. The van der Waals surface area contributed by atoms with Gasteiger partial charge in [-0.05, 0) is 37.3 Å². The third-order valence-electron chi connectivity index (χ3n) is 6.04. The lowest BCUT2D eigenvalue weighted by molar-refractivity contribution is -0.109. The molecule has 0 aromatic carbocycles. The summed E-state index contributed by atoms with van der Waals surface area (Å²) in [6.45, 7) is 4.76. The number of aldehydes is 1. The molecule has 0 aliphatic carbocycles. The van der Waals surface area contributed by atoms with Crippen molar-refractivity contribution in [2.45, 2.75) is 103 Å². The molecule has 0 spiro atoms. The molecule has 1 aliphatic rings. The van der Waals surface area contributed by atoms with Crippen LogP contribution in [0.15, 0.2) is 12.1 Å². The molecule has 0 radical (unpaired) electrons. The molecule has 0 saturated heterocycles. The van der Waals surface area contributed by atoms with Crippen molar-refractivity contribution in [2.75, 3.05) is 6.54 Å². The van der Waals surface area contributed by atoms with E-state index < -0.39 is 0 Å². The molecule has 1 aromatic heterocycles. The average molecular weight is 432 g/mol. The van der Waals surface area contributed by atoms with Gasteiger partial charge in [0.05, 0.1) is 11.7 Å². The predicted molar refractivity (Wildman–Crippen MR) is 124 cm³/mol. The first-order valence-corrected chi connectivity index (χ1v) is 12.2. The number of ketones is 1. The zero-order chi connectivity index (χ0) is 22.5.